The van der Waals surface area contributed by atoms with Crippen LogP contribution in [0.2, 0.25) is 5.02 Å². The molecule has 0 spiro atoms. The van der Waals surface area contributed by atoms with Crippen molar-refractivity contribution in [2.24, 2.45) is 0 Å². The Morgan fingerprint density at radius 3 is 2.66 bits per heavy atom. The standard InChI is InChI=1S/C26H22ClFN6O/c1-3-33-14-21(16(2)31-33)24-12-20(19-9-4-5-10-23(19)29-24)26(35)30-25-22(27)15-34(32-25)13-17-7-6-8-18(28)11-17/h4-12,14-15H,3,13H2,1-2H3,(H,30,32,35). The molecule has 0 bridgehead atoms. The van der Waals surface area contributed by atoms with Gasteiger partial charge in [0.25, 0.3) is 5.91 Å². The number of nitrogens with one attached hydrogen (secondary N) is 1. The summed E-state index contributed by atoms with van der Waals surface area (Å²) in [4.78, 5) is 18.2. The van der Waals surface area contributed by atoms with Gasteiger partial charge in [0.05, 0.1) is 29.0 Å². The van der Waals surface area contributed by atoms with Crippen molar-refractivity contribution in [3.63, 3.8) is 0 Å². The molecule has 1 amide bonds. The van der Waals surface area contributed by atoms with E-state index in [1.54, 1.807) is 29.1 Å². The maximum atomic E-state index is 13.5. The van der Waals surface area contributed by atoms with E-state index in [9.17, 15) is 9.18 Å². The minimum Gasteiger partial charge on any atom is -0.304 e. The van der Waals surface area contributed by atoms with Crippen molar-refractivity contribution in [3.05, 3.63) is 94.7 Å². The Morgan fingerprint density at radius 2 is 1.89 bits per heavy atom. The number of amides is 1. The molecule has 2 aromatic carbocycles. The third-order valence-corrected chi connectivity index (χ3v) is 5.97. The smallest absolute Gasteiger partial charge is 0.257 e. The van der Waals surface area contributed by atoms with Gasteiger partial charge in [-0.1, -0.05) is 41.9 Å². The van der Waals surface area contributed by atoms with Gasteiger partial charge < -0.3 is 5.32 Å². The van der Waals surface area contributed by atoms with Gasteiger partial charge in [0.1, 0.15) is 10.8 Å². The van der Waals surface area contributed by atoms with Crippen LogP contribution >= 0.6 is 11.6 Å². The average molecular weight is 489 g/mol. The summed E-state index contributed by atoms with van der Waals surface area (Å²) in [6.07, 6.45) is 3.53. The van der Waals surface area contributed by atoms with Gasteiger partial charge in [0.2, 0.25) is 0 Å². The zero-order valence-corrected chi connectivity index (χ0v) is 19.9. The molecule has 0 atom stereocenters. The molecule has 35 heavy (non-hydrogen) atoms. The van der Waals surface area contributed by atoms with Gasteiger partial charge >= 0.3 is 0 Å². The Labute approximate surface area is 206 Å². The van der Waals surface area contributed by atoms with Crippen molar-refractivity contribution < 1.29 is 9.18 Å². The van der Waals surface area contributed by atoms with Crippen LogP contribution in [0.1, 0.15) is 28.5 Å². The molecule has 0 fully saturated rings. The number of rotatable bonds is 6. The molecule has 7 nitrogen and oxygen atoms in total. The van der Waals surface area contributed by atoms with Gasteiger partial charge in [-0.25, -0.2) is 9.37 Å². The SMILES string of the molecule is CCn1cc(-c2cc(C(=O)Nc3nn(Cc4cccc(F)c4)cc3Cl)c3ccccc3n2)c(C)n1. The molecule has 0 radical (unpaired) electrons. The van der Waals surface area contributed by atoms with E-state index in [1.165, 1.54) is 12.1 Å². The molecule has 3 aromatic heterocycles. The monoisotopic (exact) mass is 488 g/mol. The zero-order valence-electron chi connectivity index (χ0n) is 19.2. The lowest BCUT2D eigenvalue weighted by Gasteiger charge is -2.09. The first-order valence-electron chi connectivity index (χ1n) is 11.1. The molecule has 0 aliphatic carbocycles. The Balaban J connectivity index is 1.48. The second kappa shape index (κ2) is 9.31. The van der Waals surface area contributed by atoms with Crippen molar-refractivity contribution in [3.8, 4) is 11.3 Å². The van der Waals surface area contributed by atoms with E-state index in [1.807, 2.05) is 49.0 Å². The Morgan fingerprint density at radius 1 is 1.06 bits per heavy atom. The highest BCUT2D eigenvalue weighted by Gasteiger charge is 2.19. The summed E-state index contributed by atoms with van der Waals surface area (Å²) in [6.45, 7) is 4.98. The lowest BCUT2D eigenvalue weighted by Crippen LogP contribution is -2.14. The molecule has 0 saturated carbocycles. The van der Waals surface area contributed by atoms with E-state index < -0.39 is 0 Å². The van der Waals surface area contributed by atoms with Gasteiger partial charge in [-0.2, -0.15) is 10.2 Å². The van der Waals surface area contributed by atoms with Crippen LogP contribution < -0.4 is 5.32 Å². The molecule has 5 rings (SSSR count). The number of aromatic nitrogens is 5. The lowest BCUT2D eigenvalue weighted by atomic mass is 10.0. The Hall–Kier alpha value is -4.04. The second-order valence-corrected chi connectivity index (χ2v) is 8.57. The minimum absolute atomic E-state index is 0.227. The number of pyridine rings is 1. The first kappa shape index (κ1) is 22.7. The Bertz CT molecular complexity index is 1560. The highest BCUT2D eigenvalue weighted by atomic mass is 35.5. The minimum atomic E-state index is -0.358. The number of anilines is 1. The molecule has 5 aromatic rings. The zero-order chi connectivity index (χ0) is 24.5. The summed E-state index contributed by atoms with van der Waals surface area (Å²) in [5.74, 6) is -0.455. The van der Waals surface area contributed by atoms with E-state index in [2.05, 4.69) is 15.5 Å². The molecule has 3 heterocycles. The lowest BCUT2D eigenvalue weighted by molar-refractivity contribution is 0.102. The summed E-state index contributed by atoms with van der Waals surface area (Å²) >= 11 is 6.36. The van der Waals surface area contributed by atoms with Gasteiger partial charge in [-0.05, 0) is 43.7 Å². The quantitative estimate of drug-likeness (QED) is 0.332. The van der Waals surface area contributed by atoms with Gasteiger partial charge in [-0.3, -0.25) is 14.2 Å². The summed E-state index contributed by atoms with van der Waals surface area (Å²) in [6, 6.07) is 15.5. The fourth-order valence-corrected chi connectivity index (χ4v) is 4.19. The van der Waals surface area contributed by atoms with Crippen molar-refractivity contribution in [2.75, 3.05) is 5.32 Å². The number of carbonyl (C=O) groups is 1. The molecule has 0 aliphatic heterocycles. The number of hydrogen-bond acceptors (Lipinski definition) is 4. The topological polar surface area (TPSA) is 77.6 Å². The molecule has 9 heteroatoms. The Kier molecular flexibility index (Phi) is 6.05. The summed E-state index contributed by atoms with van der Waals surface area (Å²) in [5, 5.41) is 12.7. The number of hydrogen-bond donors (Lipinski definition) is 1. The van der Waals surface area contributed by atoms with E-state index in [0.717, 1.165) is 23.4 Å². The molecule has 1 N–H and O–H groups in total. The summed E-state index contributed by atoms with van der Waals surface area (Å²) in [5.41, 5.74) is 4.24. The predicted molar refractivity (Wildman–Crippen MR) is 134 cm³/mol. The third kappa shape index (κ3) is 4.65. The van der Waals surface area contributed by atoms with E-state index in [4.69, 9.17) is 16.6 Å². The van der Waals surface area contributed by atoms with Crippen LogP contribution in [0.5, 0.6) is 0 Å². The summed E-state index contributed by atoms with van der Waals surface area (Å²) < 4.78 is 16.9. The van der Waals surface area contributed by atoms with Crippen LogP contribution in [0.3, 0.4) is 0 Å². The highest BCUT2D eigenvalue weighted by Crippen LogP contribution is 2.28. The van der Waals surface area contributed by atoms with Crippen LogP contribution in [0.15, 0.2) is 67.0 Å². The second-order valence-electron chi connectivity index (χ2n) is 8.16. The number of benzene rings is 2. The highest BCUT2D eigenvalue weighted by molar-refractivity contribution is 6.33. The number of halogens is 2. The number of fused-ring (bicyclic) bond motifs is 1. The fraction of sp³-hybridized carbons (Fsp3) is 0.154. The fourth-order valence-electron chi connectivity index (χ4n) is 3.99. The van der Waals surface area contributed by atoms with E-state index in [-0.39, 0.29) is 22.6 Å². The van der Waals surface area contributed by atoms with Crippen molar-refractivity contribution in [1.82, 2.24) is 24.5 Å². The number of nitrogens with zero attached hydrogens (tertiary/aromatic N) is 5. The van der Waals surface area contributed by atoms with Crippen LogP contribution in [0.25, 0.3) is 22.2 Å². The van der Waals surface area contributed by atoms with Gasteiger partial charge in [0, 0.05) is 29.9 Å². The first-order valence-corrected chi connectivity index (χ1v) is 11.5. The van der Waals surface area contributed by atoms with E-state index >= 15 is 0 Å². The third-order valence-electron chi connectivity index (χ3n) is 5.69. The molecular formula is C26H22ClFN6O. The van der Waals surface area contributed by atoms with E-state index in [0.29, 0.717) is 28.7 Å². The van der Waals surface area contributed by atoms with Crippen LogP contribution in [-0.4, -0.2) is 30.5 Å². The number of carbonyl (C=O) groups excluding carboxylic acids is 1. The van der Waals surface area contributed by atoms with Crippen molar-refractivity contribution in [2.45, 2.75) is 26.9 Å². The van der Waals surface area contributed by atoms with Gasteiger partial charge in [0.15, 0.2) is 5.82 Å². The molecule has 0 unspecified atom stereocenters. The molecular weight excluding hydrogens is 467 g/mol. The summed E-state index contributed by atoms with van der Waals surface area (Å²) in [7, 11) is 0. The normalized spacial score (nSPS) is 11.2. The number of aryl methyl sites for hydroxylation is 2. The van der Waals surface area contributed by atoms with Crippen LogP contribution in [0.4, 0.5) is 10.2 Å². The van der Waals surface area contributed by atoms with Crippen LogP contribution in [-0.2, 0) is 13.1 Å². The molecule has 176 valence electrons. The van der Waals surface area contributed by atoms with Gasteiger partial charge in [-0.15, -0.1) is 0 Å². The van der Waals surface area contributed by atoms with Crippen molar-refractivity contribution in [1.29, 1.82) is 0 Å². The maximum absolute atomic E-state index is 13.5. The first-order chi connectivity index (χ1) is 16.9. The number of para-hydroxylation sites is 1. The average Bonchev–Trinajstić information content (AvgIpc) is 3.39. The largest absolute Gasteiger partial charge is 0.304 e. The van der Waals surface area contributed by atoms with Crippen molar-refractivity contribution >= 4 is 34.2 Å². The van der Waals surface area contributed by atoms with Crippen LogP contribution in [0, 0.1) is 12.7 Å². The molecule has 0 saturated heterocycles. The maximum Gasteiger partial charge on any atom is 0.257 e. The predicted octanol–water partition coefficient (Wildman–Crippen LogP) is 5.72. The molecule has 0 aliphatic rings.